The number of benzene rings is 1. The van der Waals surface area contributed by atoms with Crippen molar-refractivity contribution in [1.29, 1.82) is 0 Å². The summed E-state index contributed by atoms with van der Waals surface area (Å²) in [5.74, 6) is 1.05. The van der Waals surface area contributed by atoms with Crippen LogP contribution in [0.1, 0.15) is 12.0 Å². The number of hydrogen-bond donors (Lipinski definition) is 3. The van der Waals surface area contributed by atoms with E-state index in [4.69, 9.17) is 10.9 Å². The van der Waals surface area contributed by atoms with E-state index in [0.717, 1.165) is 24.4 Å². The van der Waals surface area contributed by atoms with Gasteiger partial charge in [-0.2, -0.15) is 11.8 Å². The Kier molecular flexibility index (Phi) is 5.30. The maximum atomic E-state index is 11.4. The Labute approximate surface area is 112 Å². The van der Waals surface area contributed by atoms with E-state index in [1.165, 1.54) is 6.07 Å². The van der Waals surface area contributed by atoms with Gasteiger partial charge in [-0.05, 0) is 43.0 Å². The summed E-state index contributed by atoms with van der Waals surface area (Å²) < 4.78 is 22.9. The highest BCUT2D eigenvalue weighted by molar-refractivity contribution is 7.98. The molecular weight excluding hydrogens is 270 g/mol. The minimum Gasteiger partial charge on any atom is -0.399 e. The van der Waals surface area contributed by atoms with Crippen LogP contribution in [0.2, 0.25) is 0 Å². The molecule has 0 saturated heterocycles. The van der Waals surface area contributed by atoms with Crippen molar-refractivity contribution in [3.63, 3.8) is 0 Å². The van der Waals surface area contributed by atoms with E-state index in [-0.39, 0.29) is 4.90 Å². The molecule has 0 aromatic heterocycles. The smallest absolute Gasteiger partial charge is 0.238 e. The standard InChI is InChI=1S/C11H19N3O2S2/c1-8-10(14-4-3-5-17-2)6-9(12)7-11(8)18(13,15)16/h6-7,14H,3-5,12H2,1-2H3,(H2,13,15,16). The van der Waals surface area contributed by atoms with Crippen molar-refractivity contribution in [3.8, 4) is 0 Å². The predicted molar refractivity (Wildman–Crippen MR) is 78.5 cm³/mol. The van der Waals surface area contributed by atoms with Gasteiger partial charge in [-0.1, -0.05) is 0 Å². The molecule has 102 valence electrons. The van der Waals surface area contributed by atoms with Crippen molar-refractivity contribution >= 4 is 33.2 Å². The first kappa shape index (κ1) is 15.1. The number of thioether (sulfide) groups is 1. The summed E-state index contributed by atoms with van der Waals surface area (Å²) in [6, 6.07) is 3.11. The van der Waals surface area contributed by atoms with Crippen LogP contribution < -0.4 is 16.2 Å². The van der Waals surface area contributed by atoms with Gasteiger partial charge >= 0.3 is 0 Å². The van der Waals surface area contributed by atoms with Crippen LogP contribution in [-0.4, -0.2) is 27.0 Å². The van der Waals surface area contributed by atoms with E-state index in [9.17, 15) is 8.42 Å². The molecule has 1 aromatic carbocycles. The third-order valence-corrected chi connectivity index (χ3v) is 4.26. The molecule has 0 amide bonds. The molecule has 0 atom stereocenters. The van der Waals surface area contributed by atoms with Crippen LogP contribution >= 0.6 is 11.8 Å². The van der Waals surface area contributed by atoms with Gasteiger partial charge in [0, 0.05) is 17.9 Å². The number of anilines is 2. The van der Waals surface area contributed by atoms with Crippen LogP contribution in [0.15, 0.2) is 17.0 Å². The Bertz CT molecular complexity index is 515. The van der Waals surface area contributed by atoms with Crippen LogP contribution in [0.25, 0.3) is 0 Å². The Morgan fingerprint density at radius 2 is 2.06 bits per heavy atom. The molecule has 1 aromatic rings. The van der Waals surface area contributed by atoms with Gasteiger partial charge in [0.05, 0.1) is 4.90 Å². The van der Waals surface area contributed by atoms with Gasteiger partial charge in [0.15, 0.2) is 0 Å². The van der Waals surface area contributed by atoms with Gasteiger partial charge in [-0.3, -0.25) is 0 Å². The number of primary sulfonamides is 1. The maximum absolute atomic E-state index is 11.4. The van der Waals surface area contributed by atoms with Crippen molar-refractivity contribution in [2.45, 2.75) is 18.2 Å². The first-order chi connectivity index (χ1) is 8.36. The fraction of sp³-hybridized carbons (Fsp3) is 0.455. The fourth-order valence-electron chi connectivity index (χ4n) is 1.63. The van der Waals surface area contributed by atoms with Crippen LogP contribution in [0.3, 0.4) is 0 Å². The van der Waals surface area contributed by atoms with E-state index in [0.29, 0.717) is 11.3 Å². The van der Waals surface area contributed by atoms with Crippen molar-refractivity contribution in [1.82, 2.24) is 0 Å². The van der Waals surface area contributed by atoms with Crippen molar-refractivity contribution in [2.24, 2.45) is 5.14 Å². The molecule has 0 heterocycles. The molecule has 5 N–H and O–H groups in total. The average molecular weight is 289 g/mol. The van der Waals surface area contributed by atoms with Crippen molar-refractivity contribution in [3.05, 3.63) is 17.7 Å². The minimum atomic E-state index is -3.74. The lowest BCUT2D eigenvalue weighted by Gasteiger charge is -2.13. The van der Waals surface area contributed by atoms with Gasteiger partial charge in [-0.15, -0.1) is 0 Å². The second kappa shape index (κ2) is 6.31. The molecule has 0 aliphatic carbocycles. The molecule has 5 nitrogen and oxygen atoms in total. The molecule has 0 saturated carbocycles. The van der Waals surface area contributed by atoms with Crippen molar-refractivity contribution < 1.29 is 8.42 Å². The minimum absolute atomic E-state index is 0.0786. The summed E-state index contributed by atoms with van der Waals surface area (Å²) in [6.45, 7) is 2.49. The first-order valence-corrected chi connectivity index (χ1v) is 8.46. The van der Waals surface area contributed by atoms with Gasteiger partial charge in [0.25, 0.3) is 0 Å². The molecule has 0 bridgehead atoms. The fourth-order valence-corrected chi connectivity index (χ4v) is 2.90. The zero-order valence-corrected chi connectivity index (χ0v) is 12.2. The van der Waals surface area contributed by atoms with Gasteiger partial charge in [0.2, 0.25) is 10.0 Å². The van der Waals surface area contributed by atoms with Crippen molar-refractivity contribution in [2.75, 3.05) is 29.6 Å². The summed E-state index contributed by atoms with van der Waals surface area (Å²) in [4.78, 5) is 0.0786. The Hall–Kier alpha value is -0.920. The average Bonchev–Trinajstić information content (AvgIpc) is 2.27. The Morgan fingerprint density at radius 3 is 2.61 bits per heavy atom. The first-order valence-electron chi connectivity index (χ1n) is 5.52. The van der Waals surface area contributed by atoms with Gasteiger partial charge in [-0.25, -0.2) is 13.6 Å². The third kappa shape index (κ3) is 4.08. The topological polar surface area (TPSA) is 98.2 Å². The number of nitrogens with two attached hydrogens (primary N) is 2. The normalized spacial score (nSPS) is 11.5. The molecule has 0 spiro atoms. The second-order valence-electron chi connectivity index (χ2n) is 4.01. The van der Waals surface area contributed by atoms with E-state index in [2.05, 4.69) is 5.32 Å². The molecule has 0 aliphatic heterocycles. The number of rotatable bonds is 6. The lowest BCUT2D eigenvalue weighted by Crippen LogP contribution is -2.15. The van der Waals surface area contributed by atoms with E-state index in [1.54, 1.807) is 24.8 Å². The summed E-state index contributed by atoms with van der Waals surface area (Å²) in [6.07, 6.45) is 3.05. The molecule has 0 radical (unpaired) electrons. The predicted octanol–water partition coefficient (Wildman–Crippen LogP) is 1.39. The lowest BCUT2D eigenvalue weighted by molar-refractivity contribution is 0.597. The highest BCUT2D eigenvalue weighted by Gasteiger charge is 2.15. The highest BCUT2D eigenvalue weighted by atomic mass is 32.2. The monoisotopic (exact) mass is 289 g/mol. The Balaban J connectivity index is 2.96. The number of sulfonamides is 1. The largest absolute Gasteiger partial charge is 0.399 e. The summed E-state index contributed by atoms with van der Waals surface area (Å²) in [5, 5.41) is 8.35. The zero-order chi connectivity index (χ0) is 13.8. The lowest BCUT2D eigenvalue weighted by atomic mass is 10.2. The molecule has 1 rings (SSSR count). The van der Waals surface area contributed by atoms with E-state index >= 15 is 0 Å². The second-order valence-corrected chi connectivity index (χ2v) is 6.53. The molecular formula is C11H19N3O2S2. The summed E-state index contributed by atoms with van der Waals surface area (Å²) in [5.41, 5.74) is 7.41. The number of nitrogens with one attached hydrogen (secondary N) is 1. The van der Waals surface area contributed by atoms with E-state index < -0.39 is 10.0 Å². The van der Waals surface area contributed by atoms with Gasteiger partial charge in [0.1, 0.15) is 0 Å². The van der Waals surface area contributed by atoms with E-state index in [1.807, 2.05) is 6.26 Å². The molecule has 18 heavy (non-hydrogen) atoms. The van der Waals surface area contributed by atoms with Gasteiger partial charge < -0.3 is 11.1 Å². The molecule has 7 heteroatoms. The molecule has 0 unspecified atom stereocenters. The maximum Gasteiger partial charge on any atom is 0.238 e. The quantitative estimate of drug-likeness (QED) is 0.543. The summed E-state index contributed by atoms with van der Waals surface area (Å²) >= 11 is 1.77. The number of hydrogen-bond acceptors (Lipinski definition) is 5. The third-order valence-electron chi connectivity index (χ3n) is 2.53. The van der Waals surface area contributed by atoms with Crippen LogP contribution in [0.4, 0.5) is 11.4 Å². The molecule has 0 aliphatic rings. The van der Waals surface area contributed by atoms with Crippen LogP contribution in [-0.2, 0) is 10.0 Å². The number of nitrogen functional groups attached to an aromatic ring is 1. The zero-order valence-electron chi connectivity index (χ0n) is 10.6. The molecule has 0 fully saturated rings. The summed E-state index contributed by atoms with van der Waals surface area (Å²) in [7, 11) is -3.74. The SMILES string of the molecule is CSCCCNc1cc(N)cc(S(N)(=O)=O)c1C. The highest BCUT2D eigenvalue weighted by Crippen LogP contribution is 2.26. The van der Waals surface area contributed by atoms with Crippen LogP contribution in [0.5, 0.6) is 0 Å². The van der Waals surface area contributed by atoms with Crippen LogP contribution in [0, 0.1) is 6.92 Å². The Morgan fingerprint density at radius 1 is 1.39 bits per heavy atom.